The van der Waals surface area contributed by atoms with E-state index < -0.39 is 11.7 Å². The summed E-state index contributed by atoms with van der Waals surface area (Å²) in [7, 11) is 3.19. The summed E-state index contributed by atoms with van der Waals surface area (Å²) >= 11 is 0. The highest BCUT2D eigenvalue weighted by molar-refractivity contribution is 5.95. The molecule has 0 aromatic heterocycles. The third-order valence-corrected chi connectivity index (χ3v) is 4.47. The Bertz CT molecular complexity index is 848. The van der Waals surface area contributed by atoms with Crippen LogP contribution in [0.1, 0.15) is 28.8 Å². The van der Waals surface area contributed by atoms with Gasteiger partial charge in [0.1, 0.15) is 17.3 Å². The van der Waals surface area contributed by atoms with Crippen molar-refractivity contribution in [2.24, 2.45) is 5.10 Å². The molecule has 3 rings (SSSR count). The first kappa shape index (κ1) is 18.7. The summed E-state index contributed by atoms with van der Waals surface area (Å²) < 4.78 is 24.6. The highest BCUT2D eigenvalue weighted by Gasteiger charge is 2.19. The van der Waals surface area contributed by atoms with Gasteiger partial charge in [-0.25, -0.2) is 9.82 Å². The molecular weight excluding hydrogens is 349 g/mol. The maximum Gasteiger partial charge on any atom is 0.274 e. The van der Waals surface area contributed by atoms with Crippen LogP contribution in [-0.2, 0) is 0 Å². The minimum atomic E-state index is -0.621. The number of hydrazone groups is 1. The van der Waals surface area contributed by atoms with Gasteiger partial charge in [0.2, 0.25) is 0 Å². The van der Waals surface area contributed by atoms with E-state index in [2.05, 4.69) is 15.4 Å². The third kappa shape index (κ3) is 4.19. The predicted molar refractivity (Wildman–Crippen MR) is 102 cm³/mol. The van der Waals surface area contributed by atoms with E-state index in [9.17, 15) is 9.18 Å². The van der Waals surface area contributed by atoms with Gasteiger partial charge >= 0.3 is 0 Å². The van der Waals surface area contributed by atoms with Gasteiger partial charge in [-0.2, -0.15) is 5.10 Å². The number of benzene rings is 2. The summed E-state index contributed by atoms with van der Waals surface area (Å²) in [5.74, 6) is 0.101. The topological polar surface area (TPSA) is 63.2 Å². The first-order chi connectivity index (χ1) is 13.1. The lowest BCUT2D eigenvalue weighted by Crippen LogP contribution is -2.19. The van der Waals surface area contributed by atoms with Crippen LogP contribution in [0.4, 0.5) is 10.1 Å². The summed E-state index contributed by atoms with van der Waals surface area (Å²) in [5.41, 5.74) is 3.88. The van der Waals surface area contributed by atoms with Crippen molar-refractivity contribution in [2.75, 3.05) is 32.2 Å². The zero-order valence-electron chi connectivity index (χ0n) is 15.4. The fourth-order valence-corrected chi connectivity index (χ4v) is 3.08. The van der Waals surface area contributed by atoms with Gasteiger partial charge in [-0.3, -0.25) is 4.79 Å². The Morgan fingerprint density at radius 3 is 2.52 bits per heavy atom. The second-order valence-corrected chi connectivity index (χ2v) is 6.14. The van der Waals surface area contributed by atoms with Gasteiger partial charge in [0.15, 0.2) is 0 Å². The number of anilines is 1. The number of amides is 1. The molecule has 1 aliphatic rings. The molecule has 2 aromatic rings. The predicted octanol–water partition coefficient (Wildman–Crippen LogP) is 3.21. The number of carbonyl (C=O) groups excluding carboxylic acids is 1. The molecule has 1 fully saturated rings. The highest BCUT2D eigenvalue weighted by Crippen LogP contribution is 2.36. The summed E-state index contributed by atoms with van der Waals surface area (Å²) in [5, 5.41) is 3.93. The lowest BCUT2D eigenvalue weighted by atomic mass is 10.1. The van der Waals surface area contributed by atoms with Crippen LogP contribution in [0.25, 0.3) is 0 Å². The molecule has 1 aliphatic heterocycles. The molecule has 0 spiro atoms. The van der Waals surface area contributed by atoms with Gasteiger partial charge in [0.25, 0.3) is 5.91 Å². The van der Waals surface area contributed by atoms with E-state index in [1.165, 1.54) is 24.4 Å². The molecule has 0 saturated carbocycles. The Labute approximate surface area is 157 Å². The molecule has 0 atom stereocenters. The Morgan fingerprint density at radius 1 is 1.15 bits per heavy atom. The van der Waals surface area contributed by atoms with Crippen molar-refractivity contribution < 1.29 is 18.7 Å². The SMILES string of the molecule is COc1cc(N2CCCC2)c(OC)cc1/C=N\NC(=O)c1ccccc1F. The molecule has 0 bridgehead atoms. The molecular formula is C20H22FN3O3. The van der Waals surface area contributed by atoms with Crippen molar-refractivity contribution in [3.8, 4) is 11.5 Å². The normalized spacial score (nSPS) is 13.8. The van der Waals surface area contributed by atoms with Crippen LogP contribution in [0.5, 0.6) is 11.5 Å². The highest BCUT2D eigenvalue weighted by atomic mass is 19.1. The van der Waals surface area contributed by atoms with Crippen LogP contribution in [0.15, 0.2) is 41.5 Å². The van der Waals surface area contributed by atoms with Crippen LogP contribution in [-0.4, -0.2) is 39.4 Å². The molecule has 1 heterocycles. The molecule has 7 heteroatoms. The number of rotatable bonds is 6. The summed E-state index contributed by atoms with van der Waals surface area (Å²) in [6.07, 6.45) is 3.75. The van der Waals surface area contributed by atoms with E-state index in [4.69, 9.17) is 9.47 Å². The minimum absolute atomic E-state index is 0.0661. The molecule has 27 heavy (non-hydrogen) atoms. The van der Waals surface area contributed by atoms with Crippen LogP contribution < -0.4 is 19.8 Å². The number of methoxy groups -OCH3 is 2. The van der Waals surface area contributed by atoms with Crippen molar-refractivity contribution in [3.05, 3.63) is 53.3 Å². The molecule has 1 saturated heterocycles. The standard InChI is InChI=1S/C20H22FN3O3/c1-26-18-12-17(24-9-5-6-10-24)19(27-2)11-14(18)13-22-23-20(25)15-7-3-4-8-16(15)21/h3-4,7-8,11-13H,5-6,9-10H2,1-2H3,(H,23,25)/b22-13-. The second-order valence-electron chi connectivity index (χ2n) is 6.14. The molecule has 6 nitrogen and oxygen atoms in total. The first-order valence-electron chi connectivity index (χ1n) is 8.73. The molecule has 0 radical (unpaired) electrons. The molecule has 1 N–H and O–H groups in total. The van der Waals surface area contributed by atoms with Crippen LogP contribution >= 0.6 is 0 Å². The van der Waals surface area contributed by atoms with Gasteiger partial charge in [0.05, 0.1) is 31.7 Å². The smallest absolute Gasteiger partial charge is 0.274 e. The van der Waals surface area contributed by atoms with Crippen LogP contribution in [0.3, 0.4) is 0 Å². The number of nitrogens with zero attached hydrogens (tertiary/aromatic N) is 2. The monoisotopic (exact) mass is 371 g/mol. The molecule has 142 valence electrons. The summed E-state index contributed by atoms with van der Waals surface area (Å²) in [6.45, 7) is 1.96. The number of hydrogen-bond acceptors (Lipinski definition) is 5. The zero-order valence-corrected chi connectivity index (χ0v) is 15.4. The minimum Gasteiger partial charge on any atom is -0.496 e. The van der Waals surface area contributed by atoms with E-state index in [0.717, 1.165) is 31.6 Å². The Kier molecular flexibility index (Phi) is 5.90. The van der Waals surface area contributed by atoms with Gasteiger partial charge < -0.3 is 14.4 Å². The maximum absolute atomic E-state index is 13.6. The number of hydrogen-bond donors (Lipinski definition) is 1. The van der Waals surface area contributed by atoms with Crippen LogP contribution in [0.2, 0.25) is 0 Å². The molecule has 1 amide bonds. The van der Waals surface area contributed by atoms with E-state index in [1.54, 1.807) is 20.3 Å². The summed E-state index contributed by atoms with van der Waals surface area (Å²) in [6, 6.07) is 9.45. The van der Waals surface area contributed by atoms with E-state index in [1.807, 2.05) is 12.1 Å². The van der Waals surface area contributed by atoms with Crippen LogP contribution in [0, 0.1) is 5.82 Å². The van der Waals surface area contributed by atoms with Crippen molar-refractivity contribution in [3.63, 3.8) is 0 Å². The fourth-order valence-electron chi connectivity index (χ4n) is 3.08. The largest absolute Gasteiger partial charge is 0.496 e. The number of carbonyl (C=O) groups is 1. The lowest BCUT2D eigenvalue weighted by molar-refractivity contribution is 0.0951. The van der Waals surface area contributed by atoms with Gasteiger partial charge in [-0.1, -0.05) is 12.1 Å². The number of nitrogens with one attached hydrogen (secondary N) is 1. The van der Waals surface area contributed by atoms with Gasteiger partial charge in [-0.15, -0.1) is 0 Å². The maximum atomic E-state index is 13.6. The van der Waals surface area contributed by atoms with Gasteiger partial charge in [-0.05, 0) is 31.0 Å². The Balaban J connectivity index is 1.80. The fraction of sp³-hybridized carbons (Fsp3) is 0.300. The zero-order chi connectivity index (χ0) is 19.2. The molecule has 2 aromatic carbocycles. The number of halogens is 1. The number of ether oxygens (including phenoxy) is 2. The van der Waals surface area contributed by atoms with Crippen molar-refractivity contribution in [1.29, 1.82) is 0 Å². The average Bonchev–Trinajstić information content (AvgIpc) is 3.22. The molecule has 0 unspecified atom stereocenters. The first-order valence-corrected chi connectivity index (χ1v) is 8.73. The van der Waals surface area contributed by atoms with E-state index >= 15 is 0 Å². The molecule has 0 aliphatic carbocycles. The Morgan fingerprint density at radius 2 is 1.85 bits per heavy atom. The van der Waals surface area contributed by atoms with Crippen molar-refractivity contribution in [2.45, 2.75) is 12.8 Å². The van der Waals surface area contributed by atoms with Crippen molar-refractivity contribution in [1.82, 2.24) is 5.43 Å². The quantitative estimate of drug-likeness (QED) is 0.626. The summed E-state index contributed by atoms with van der Waals surface area (Å²) in [4.78, 5) is 14.3. The van der Waals surface area contributed by atoms with E-state index in [-0.39, 0.29) is 5.56 Å². The van der Waals surface area contributed by atoms with Gasteiger partial charge in [0, 0.05) is 24.7 Å². The average molecular weight is 371 g/mol. The van der Waals surface area contributed by atoms with Crippen molar-refractivity contribution >= 4 is 17.8 Å². The lowest BCUT2D eigenvalue weighted by Gasteiger charge is -2.22. The second kappa shape index (κ2) is 8.53. The van der Waals surface area contributed by atoms with E-state index in [0.29, 0.717) is 17.1 Å². The third-order valence-electron chi connectivity index (χ3n) is 4.47. The Hall–Kier alpha value is -3.09.